The third kappa shape index (κ3) is 2.60. The Morgan fingerprint density at radius 1 is 1.41 bits per heavy atom. The zero-order chi connectivity index (χ0) is 12.4. The molecule has 2 rings (SSSR count). The SMILES string of the molecule is CC1NCCCC1C(=O)N1CCN(C)C(=O)C1. The molecular weight excluding hydrogens is 218 g/mol. The van der Waals surface area contributed by atoms with Gasteiger partial charge in [0.2, 0.25) is 11.8 Å². The summed E-state index contributed by atoms with van der Waals surface area (Å²) in [6, 6.07) is 0.228. The Labute approximate surface area is 102 Å². The molecule has 1 N–H and O–H groups in total. The van der Waals surface area contributed by atoms with E-state index >= 15 is 0 Å². The molecule has 2 aliphatic heterocycles. The maximum Gasteiger partial charge on any atom is 0.241 e. The van der Waals surface area contributed by atoms with E-state index in [0.717, 1.165) is 19.4 Å². The van der Waals surface area contributed by atoms with E-state index in [1.54, 1.807) is 16.8 Å². The number of carbonyl (C=O) groups excluding carboxylic acids is 2. The average Bonchev–Trinajstić information content (AvgIpc) is 2.32. The maximum atomic E-state index is 12.3. The number of hydrogen-bond acceptors (Lipinski definition) is 3. The number of hydrogen-bond donors (Lipinski definition) is 1. The van der Waals surface area contributed by atoms with Crippen LogP contribution in [0.2, 0.25) is 0 Å². The van der Waals surface area contributed by atoms with Gasteiger partial charge in [-0.25, -0.2) is 0 Å². The summed E-state index contributed by atoms with van der Waals surface area (Å²) in [6.07, 6.45) is 1.98. The van der Waals surface area contributed by atoms with Gasteiger partial charge in [0.1, 0.15) is 0 Å². The van der Waals surface area contributed by atoms with E-state index in [1.165, 1.54) is 0 Å². The number of carbonyl (C=O) groups is 2. The fourth-order valence-corrected chi connectivity index (χ4v) is 2.56. The van der Waals surface area contributed by atoms with Crippen LogP contribution in [-0.2, 0) is 9.59 Å². The molecule has 2 amide bonds. The molecule has 2 saturated heterocycles. The maximum absolute atomic E-state index is 12.3. The van der Waals surface area contributed by atoms with E-state index in [9.17, 15) is 9.59 Å². The van der Waals surface area contributed by atoms with Crippen molar-refractivity contribution >= 4 is 11.8 Å². The van der Waals surface area contributed by atoms with Gasteiger partial charge in [0.15, 0.2) is 0 Å². The van der Waals surface area contributed by atoms with Crippen molar-refractivity contribution in [3.8, 4) is 0 Å². The molecule has 2 fully saturated rings. The Kier molecular flexibility index (Phi) is 3.66. The summed E-state index contributed by atoms with van der Waals surface area (Å²) in [6.45, 7) is 4.62. The molecule has 0 saturated carbocycles. The van der Waals surface area contributed by atoms with Crippen LogP contribution >= 0.6 is 0 Å². The van der Waals surface area contributed by atoms with Crippen molar-refractivity contribution in [2.24, 2.45) is 5.92 Å². The summed E-state index contributed by atoms with van der Waals surface area (Å²) in [5.41, 5.74) is 0. The van der Waals surface area contributed by atoms with Gasteiger partial charge < -0.3 is 15.1 Å². The Hall–Kier alpha value is -1.10. The number of likely N-dealkylation sites (N-methyl/N-ethyl adjacent to an activating group) is 1. The summed E-state index contributed by atoms with van der Waals surface area (Å²) < 4.78 is 0. The van der Waals surface area contributed by atoms with Crippen LogP contribution in [0.5, 0.6) is 0 Å². The second-order valence-electron chi connectivity index (χ2n) is 5.07. The van der Waals surface area contributed by atoms with E-state index in [4.69, 9.17) is 0 Å². The summed E-state index contributed by atoms with van der Waals surface area (Å²) in [5.74, 6) is 0.229. The molecule has 96 valence electrons. The molecule has 0 spiro atoms. The molecular formula is C12H21N3O2. The van der Waals surface area contributed by atoms with Crippen LogP contribution in [0.3, 0.4) is 0 Å². The molecule has 5 heteroatoms. The normalized spacial score (nSPS) is 30.6. The van der Waals surface area contributed by atoms with Crippen LogP contribution in [0.15, 0.2) is 0 Å². The lowest BCUT2D eigenvalue weighted by molar-refractivity contribution is -0.147. The molecule has 2 aliphatic rings. The zero-order valence-corrected chi connectivity index (χ0v) is 10.6. The largest absolute Gasteiger partial charge is 0.342 e. The highest BCUT2D eigenvalue weighted by molar-refractivity contribution is 5.87. The van der Waals surface area contributed by atoms with Gasteiger partial charge in [-0.3, -0.25) is 9.59 Å². The number of amides is 2. The number of nitrogens with one attached hydrogen (secondary N) is 1. The van der Waals surface area contributed by atoms with Gasteiger partial charge in [-0.15, -0.1) is 0 Å². The first kappa shape index (κ1) is 12.4. The van der Waals surface area contributed by atoms with Crippen LogP contribution in [0.1, 0.15) is 19.8 Å². The number of nitrogens with zero attached hydrogens (tertiary/aromatic N) is 2. The van der Waals surface area contributed by atoms with E-state index < -0.39 is 0 Å². The van der Waals surface area contributed by atoms with E-state index in [1.807, 2.05) is 0 Å². The van der Waals surface area contributed by atoms with Crippen molar-refractivity contribution in [2.45, 2.75) is 25.8 Å². The fraction of sp³-hybridized carbons (Fsp3) is 0.833. The molecule has 0 radical (unpaired) electrons. The van der Waals surface area contributed by atoms with Crippen molar-refractivity contribution in [3.05, 3.63) is 0 Å². The van der Waals surface area contributed by atoms with Crippen molar-refractivity contribution in [3.63, 3.8) is 0 Å². The first-order valence-corrected chi connectivity index (χ1v) is 6.35. The van der Waals surface area contributed by atoms with Crippen molar-refractivity contribution in [1.29, 1.82) is 0 Å². The average molecular weight is 239 g/mol. The first-order chi connectivity index (χ1) is 8.09. The Morgan fingerprint density at radius 2 is 2.18 bits per heavy atom. The molecule has 0 aromatic heterocycles. The molecule has 0 aromatic carbocycles. The minimum atomic E-state index is 0.0416. The summed E-state index contributed by atoms with van der Waals surface area (Å²) in [5, 5.41) is 3.33. The number of piperazine rings is 1. The molecule has 2 heterocycles. The predicted octanol–water partition coefficient (Wildman–Crippen LogP) is -0.325. The van der Waals surface area contributed by atoms with Gasteiger partial charge in [0.05, 0.1) is 12.5 Å². The van der Waals surface area contributed by atoms with Gasteiger partial charge in [0, 0.05) is 26.2 Å². The smallest absolute Gasteiger partial charge is 0.241 e. The molecule has 2 unspecified atom stereocenters. The lowest BCUT2D eigenvalue weighted by Gasteiger charge is -2.37. The number of piperidine rings is 1. The van der Waals surface area contributed by atoms with Gasteiger partial charge in [0.25, 0.3) is 0 Å². The quantitative estimate of drug-likeness (QED) is 0.682. The van der Waals surface area contributed by atoms with Gasteiger partial charge in [-0.05, 0) is 26.3 Å². The molecule has 0 aliphatic carbocycles. The Bertz CT molecular complexity index is 319. The van der Waals surface area contributed by atoms with Crippen LogP contribution in [0.4, 0.5) is 0 Å². The minimum absolute atomic E-state index is 0.0416. The van der Waals surface area contributed by atoms with Crippen LogP contribution < -0.4 is 5.32 Å². The van der Waals surface area contributed by atoms with Crippen LogP contribution in [-0.4, -0.2) is 60.9 Å². The van der Waals surface area contributed by atoms with E-state index in [2.05, 4.69) is 12.2 Å². The monoisotopic (exact) mass is 239 g/mol. The third-order valence-electron chi connectivity index (χ3n) is 3.85. The molecule has 0 bridgehead atoms. The second-order valence-corrected chi connectivity index (χ2v) is 5.07. The highest BCUT2D eigenvalue weighted by atomic mass is 16.2. The molecule has 5 nitrogen and oxygen atoms in total. The molecule has 17 heavy (non-hydrogen) atoms. The third-order valence-corrected chi connectivity index (χ3v) is 3.85. The van der Waals surface area contributed by atoms with Gasteiger partial charge >= 0.3 is 0 Å². The molecule has 2 atom stereocenters. The second kappa shape index (κ2) is 5.04. The molecule has 0 aromatic rings. The Balaban J connectivity index is 1.97. The highest BCUT2D eigenvalue weighted by Gasteiger charge is 2.33. The standard InChI is InChI=1S/C12H21N3O2/c1-9-10(4-3-5-13-9)12(17)15-7-6-14(2)11(16)8-15/h9-10,13H,3-8H2,1-2H3. The van der Waals surface area contributed by atoms with E-state index in [0.29, 0.717) is 13.1 Å². The lowest BCUT2D eigenvalue weighted by Crippen LogP contribution is -2.55. The van der Waals surface area contributed by atoms with Crippen LogP contribution in [0, 0.1) is 5.92 Å². The van der Waals surface area contributed by atoms with Crippen molar-refractivity contribution in [1.82, 2.24) is 15.1 Å². The van der Waals surface area contributed by atoms with Crippen molar-refractivity contribution in [2.75, 3.05) is 33.2 Å². The zero-order valence-electron chi connectivity index (χ0n) is 10.6. The highest BCUT2D eigenvalue weighted by Crippen LogP contribution is 2.19. The van der Waals surface area contributed by atoms with E-state index in [-0.39, 0.29) is 30.3 Å². The summed E-state index contributed by atoms with van der Waals surface area (Å²) in [7, 11) is 1.79. The van der Waals surface area contributed by atoms with Crippen molar-refractivity contribution < 1.29 is 9.59 Å². The predicted molar refractivity (Wildman–Crippen MR) is 64.4 cm³/mol. The van der Waals surface area contributed by atoms with Crippen LogP contribution in [0.25, 0.3) is 0 Å². The van der Waals surface area contributed by atoms with Gasteiger partial charge in [-0.2, -0.15) is 0 Å². The summed E-state index contributed by atoms with van der Waals surface area (Å²) in [4.78, 5) is 27.3. The fourth-order valence-electron chi connectivity index (χ4n) is 2.56. The summed E-state index contributed by atoms with van der Waals surface area (Å²) >= 11 is 0. The first-order valence-electron chi connectivity index (χ1n) is 6.35. The van der Waals surface area contributed by atoms with Gasteiger partial charge in [-0.1, -0.05) is 0 Å². The lowest BCUT2D eigenvalue weighted by atomic mass is 9.90. The topological polar surface area (TPSA) is 52.7 Å². The number of rotatable bonds is 1. The Morgan fingerprint density at radius 3 is 2.82 bits per heavy atom. The minimum Gasteiger partial charge on any atom is -0.342 e.